The number of benzene rings is 1. The van der Waals surface area contributed by atoms with E-state index >= 15 is 0 Å². The Labute approximate surface area is 149 Å². The molecule has 1 rings (SSSR count). The smallest absolute Gasteiger partial charge is 0.455 e. The summed E-state index contributed by atoms with van der Waals surface area (Å²) in [6.45, 7) is 4.34. The van der Waals surface area contributed by atoms with Gasteiger partial charge in [0.15, 0.2) is 11.6 Å². The molecule has 0 radical (unpaired) electrons. The molecule has 0 atom stereocenters. The Balaban J connectivity index is 3.38. The third-order valence-electron chi connectivity index (χ3n) is 3.17. The van der Waals surface area contributed by atoms with Crippen LogP contribution in [0.4, 0.5) is 13.2 Å². The molecule has 0 aliphatic heterocycles. The normalized spacial score (nSPS) is 11.0. The molecule has 0 spiro atoms. The molecule has 1 aromatic rings. The molecule has 26 heavy (non-hydrogen) atoms. The highest BCUT2D eigenvalue weighted by Gasteiger charge is 2.53. The standard InChI is InChI=1S/C16H19F3O6Si/c1-4-14(20)23-26(24-15(21)5-2,25-16(22)6-3)9-10-7-12(18)13(19)8-11(10)17/h7-8H,4-6,9H2,1-3H3. The molecule has 0 saturated carbocycles. The maximum Gasteiger partial charge on any atom is 0.709 e. The topological polar surface area (TPSA) is 78.9 Å². The molecule has 0 aromatic heterocycles. The van der Waals surface area contributed by atoms with Crippen molar-refractivity contribution in [1.82, 2.24) is 0 Å². The lowest BCUT2D eigenvalue weighted by Gasteiger charge is -2.27. The molecule has 0 heterocycles. The van der Waals surface area contributed by atoms with Crippen LogP contribution in [0.1, 0.15) is 45.6 Å². The van der Waals surface area contributed by atoms with Gasteiger partial charge in [-0.25, -0.2) is 13.2 Å². The Morgan fingerprint density at radius 3 is 1.54 bits per heavy atom. The molecule has 0 bridgehead atoms. The largest absolute Gasteiger partial charge is 0.709 e. The summed E-state index contributed by atoms with van der Waals surface area (Å²) in [5.41, 5.74) is -0.452. The van der Waals surface area contributed by atoms with E-state index in [0.29, 0.717) is 12.1 Å². The lowest BCUT2D eigenvalue weighted by Crippen LogP contribution is -2.52. The Kier molecular flexibility index (Phi) is 7.81. The minimum Gasteiger partial charge on any atom is -0.455 e. The maximum atomic E-state index is 14.0. The second-order valence-electron chi connectivity index (χ2n) is 5.20. The molecule has 10 heteroatoms. The van der Waals surface area contributed by atoms with Crippen LogP contribution in [-0.4, -0.2) is 26.7 Å². The molecule has 0 aliphatic carbocycles. The van der Waals surface area contributed by atoms with Crippen LogP contribution in [0.25, 0.3) is 0 Å². The number of hydrogen-bond donors (Lipinski definition) is 0. The van der Waals surface area contributed by atoms with Crippen molar-refractivity contribution in [1.29, 1.82) is 0 Å². The highest BCUT2D eigenvalue weighted by atomic mass is 28.4. The van der Waals surface area contributed by atoms with E-state index in [0.717, 1.165) is 0 Å². The Bertz CT molecular complexity index is 649. The summed E-state index contributed by atoms with van der Waals surface area (Å²) in [5, 5.41) is 0. The molecule has 0 fully saturated rings. The van der Waals surface area contributed by atoms with Crippen molar-refractivity contribution in [2.24, 2.45) is 0 Å². The molecular formula is C16H19F3O6Si. The van der Waals surface area contributed by atoms with E-state index in [4.69, 9.17) is 13.3 Å². The zero-order valence-electron chi connectivity index (χ0n) is 14.6. The van der Waals surface area contributed by atoms with Crippen molar-refractivity contribution >= 4 is 26.7 Å². The van der Waals surface area contributed by atoms with Gasteiger partial charge in [-0.2, -0.15) is 0 Å². The summed E-state index contributed by atoms with van der Waals surface area (Å²) in [4.78, 5) is 35.3. The highest BCUT2D eigenvalue weighted by Crippen LogP contribution is 2.23. The summed E-state index contributed by atoms with van der Waals surface area (Å²) >= 11 is 0. The third-order valence-corrected chi connectivity index (χ3v) is 5.60. The summed E-state index contributed by atoms with van der Waals surface area (Å²) in [5.74, 6) is -6.49. The minimum absolute atomic E-state index is 0.137. The summed E-state index contributed by atoms with van der Waals surface area (Å²) in [6.07, 6.45) is -0.410. The van der Waals surface area contributed by atoms with Gasteiger partial charge in [0.2, 0.25) is 0 Å². The fourth-order valence-electron chi connectivity index (χ4n) is 1.84. The van der Waals surface area contributed by atoms with Crippen molar-refractivity contribution in [2.75, 3.05) is 0 Å². The van der Waals surface area contributed by atoms with E-state index < -0.39 is 55.8 Å². The molecule has 0 N–H and O–H groups in total. The molecule has 6 nitrogen and oxygen atoms in total. The first-order valence-electron chi connectivity index (χ1n) is 7.95. The van der Waals surface area contributed by atoms with Crippen LogP contribution < -0.4 is 0 Å². The van der Waals surface area contributed by atoms with Crippen molar-refractivity contribution in [2.45, 2.75) is 46.1 Å². The molecule has 0 amide bonds. The van der Waals surface area contributed by atoms with Gasteiger partial charge in [-0.3, -0.25) is 14.4 Å². The fraction of sp³-hybridized carbons (Fsp3) is 0.438. The van der Waals surface area contributed by atoms with Crippen LogP contribution in [0.3, 0.4) is 0 Å². The van der Waals surface area contributed by atoms with Crippen LogP contribution in [-0.2, 0) is 33.7 Å². The Hall–Kier alpha value is -2.36. The van der Waals surface area contributed by atoms with Gasteiger partial charge in [-0.15, -0.1) is 0 Å². The Morgan fingerprint density at radius 1 is 0.769 bits per heavy atom. The monoisotopic (exact) mass is 392 g/mol. The van der Waals surface area contributed by atoms with Crippen LogP contribution in [0.5, 0.6) is 0 Å². The zero-order chi connectivity index (χ0) is 19.9. The van der Waals surface area contributed by atoms with E-state index in [1.165, 1.54) is 20.8 Å². The zero-order valence-corrected chi connectivity index (χ0v) is 15.6. The van der Waals surface area contributed by atoms with Gasteiger partial charge in [0.25, 0.3) is 17.9 Å². The van der Waals surface area contributed by atoms with E-state index in [9.17, 15) is 27.6 Å². The minimum atomic E-state index is -4.44. The van der Waals surface area contributed by atoms with Gasteiger partial charge in [-0.1, -0.05) is 20.8 Å². The van der Waals surface area contributed by atoms with Gasteiger partial charge < -0.3 is 13.3 Å². The first-order chi connectivity index (χ1) is 12.2. The van der Waals surface area contributed by atoms with Gasteiger partial charge in [0.05, 0.1) is 6.04 Å². The number of carbonyl (C=O) groups is 3. The van der Waals surface area contributed by atoms with E-state index in [2.05, 4.69) is 0 Å². The van der Waals surface area contributed by atoms with Gasteiger partial charge in [0, 0.05) is 25.3 Å². The second kappa shape index (κ2) is 9.37. The van der Waals surface area contributed by atoms with E-state index in [1.54, 1.807) is 0 Å². The van der Waals surface area contributed by atoms with E-state index in [1.807, 2.05) is 0 Å². The van der Waals surface area contributed by atoms with Crippen molar-refractivity contribution < 1.29 is 40.8 Å². The lowest BCUT2D eigenvalue weighted by atomic mass is 10.2. The number of halogens is 3. The average molecular weight is 392 g/mol. The van der Waals surface area contributed by atoms with Crippen LogP contribution in [0.2, 0.25) is 0 Å². The van der Waals surface area contributed by atoms with E-state index in [-0.39, 0.29) is 19.3 Å². The van der Waals surface area contributed by atoms with Gasteiger partial charge >= 0.3 is 8.80 Å². The fourth-order valence-corrected chi connectivity index (χ4v) is 4.39. The number of rotatable bonds is 8. The summed E-state index contributed by atoms with van der Waals surface area (Å²) < 4.78 is 55.9. The third kappa shape index (κ3) is 5.87. The second-order valence-corrected chi connectivity index (χ2v) is 7.53. The van der Waals surface area contributed by atoms with Crippen molar-refractivity contribution in [3.63, 3.8) is 0 Å². The molecule has 0 aliphatic rings. The average Bonchev–Trinajstić information content (AvgIpc) is 2.59. The van der Waals surface area contributed by atoms with Crippen LogP contribution in [0, 0.1) is 17.5 Å². The predicted molar refractivity (Wildman–Crippen MR) is 84.9 cm³/mol. The molecular weight excluding hydrogens is 373 g/mol. The maximum absolute atomic E-state index is 14.0. The first kappa shape index (κ1) is 21.7. The summed E-state index contributed by atoms with van der Waals surface area (Å²) in [7, 11) is -4.44. The van der Waals surface area contributed by atoms with Crippen LogP contribution >= 0.6 is 0 Å². The van der Waals surface area contributed by atoms with Crippen LogP contribution in [0.15, 0.2) is 12.1 Å². The molecule has 0 unspecified atom stereocenters. The van der Waals surface area contributed by atoms with Gasteiger partial charge in [0.1, 0.15) is 5.82 Å². The lowest BCUT2D eigenvalue weighted by molar-refractivity contribution is -0.150. The van der Waals surface area contributed by atoms with Crippen molar-refractivity contribution in [3.05, 3.63) is 35.1 Å². The molecule has 144 valence electrons. The highest BCUT2D eigenvalue weighted by molar-refractivity contribution is 6.65. The molecule has 1 aromatic carbocycles. The quantitative estimate of drug-likeness (QED) is 0.500. The number of hydrogen-bond acceptors (Lipinski definition) is 6. The number of carbonyl (C=O) groups excluding carboxylic acids is 3. The molecule has 0 saturated heterocycles. The SMILES string of the molecule is CCC(=O)O[Si](Cc1cc(F)c(F)cc1F)(OC(=O)CC)OC(=O)CC. The Morgan fingerprint density at radius 2 is 1.15 bits per heavy atom. The van der Waals surface area contributed by atoms with Gasteiger partial charge in [-0.05, 0) is 11.6 Å². The van der Waals surface area contributed by atoms with Crippen molar-refractivity contribution in [3.8, 4) is 0 Å². The first-order valence-corrected chi connectivity index (χ1v) is 9.88. The summed E-state index contributed by atoms with van der Waals surface area (Å²) in [6, 6.07) is 0.125. The predicted octanol–water partition coefficient (Wildman–Crippen LogP) is 2.98.